The first-order valence-electron chi connectivity index (χ1n) is 8.01. The molecule has 0 spiro atoms. The molecule has 0 aromatic carbocycles. The van der Waals surface area contributed by atoms with Gasteiger partial charge >= 0.3 is 0 Å². The Labute approximate surface area is 136 Å². The molecule has 1 aliphatic heterocycles. The lowest BCUT2D eigenvalue weighted by Gasteiger charge is -2.30. The van der Waals surface area contributed by atoms with E-state index in [4.69, 9.17) is 0 Å². The first-order chi connectivity index (χ1) is 11.2. The Balaban J connectivity index is 2.06. The molecule has 1 aromatic heterocycles. The second kappa shape index (κ2) is 8.41. The number of pyridine rings is 1. The molecule has 6 heteroatoms. The average molecular weight is 317 g/mol. The fourth-order valence-corrected chi connectivity index (χ4v) is 2.91. The van der Waals surface area contributed by atoms with Gasteiger partial charge in [0.05, 0.1) is 5.92 Å². The fraction of sp³-hybridized carbons (Fsp3) is 0.529. The van der Waals surface area contributed by atoms with Gasteiger partial charge in [0, 0.05) is 38.7 Å². The molecular formula is C17H23N3O3. The zero-order chi connectivity index (χ0) is 16.7. The number of aldehydes is 2. The molecule has 124 valence electrons. The molecule has 1 unspecified atom stereocenters. The Morgan fingerprint density at radius 1 is 1.39 bits per heavy atom. The highest BCUT2D eigenvalue weighted by Crippen LogP contribution is 2.24. The maximum absolute atomic E-state index is 12.0. The smallest absolute Gasteiger partial charge is 0.227 e. The third-order valence-electron chi connectivity index (χ3n) is 4.37. The van der Waals surface area contributed by atoms with Gasteiger partial charge in [0.25, 0.3) is 0 Å². The van der Waals surface area contributed by atoms with Crippen LogP contribution in [-0.2, 0) is 14.4 Å². The molecule has 1 atom stereocenters. The van der Waals surface area contributed by atoms with E-state index in [2.05, 4.69) is 15.2 Å². The number of rotatable bonds is 7. The van der Waals surface area contributed by atoms with Crippen LogP contribution < -0.4 is 10.2 Å². The predicted molar refractivity (Wildman–Crippen MR) is 87.3 cm³/mol. The highest BCUT2D eigenvalue weighted by atomic mass is 16.1. The minimum atomic E-state index is -0.354. The number of amides is 1. The van der Waals surface area contributed by atoms with Crippen molar-refractivity contribution in [2.75, 3.05) is 25.0 Å². The quantitative estimate of drug-likeness (QED) is 0.767. The Kier molecular flexibility index (Phi) is 6.26. The predicted octanol–water partition coefficient (Wildman–Crippen LogP) is 1.31. The van der Waals surface area contributed by atoms with Crippen LogP contribution in [0.1, 0.15) is 37.2 Å². The second-order valence-electron chi connectivity index (χ2n) is 5.82. The molecule has 0 radical (unpaired) electrons. The number of hydrogen-bond donors (Lipinski definition) is 1. The second-order valence-corrected chi connectivity index (χ2v) is 5.82. The van der Waals surface area contributed by atoms with Crippen LogP contribution in [0.15, 0.2) is 18.3 Å². The Bertz CT molecular complexity index is 537. The van der Waals surface area contributed by atoms with E-state index >= 15 is 0 Å². The zero-order valence-electron chi connectivity index (χ0n) is 13.4. The molecule has 1 N–H and O–H groups in total. The summed E-state index contributed by atoms with van der Waals surface area (Å²) < 4.78 is 0. The van der Waals surface area contributed by atoms with Gasteiger partial charge < -0.3 is 19.8 Å². The minimum Gasteiger partial charge on any atom is -0.359 e. The van der Waals surface area contributed by atoms with Crippen LogP contribution in [0.4, 0.5) is 5.82 Å². The molecule has 1 amide bonds. The highest BCUT2D eigenvalue weighted by Gasteiger charge is 2.22. The molecule has 0 aliphatic carbocycles. The lowest BCUT2D eigenvalue weighted by atomic mass is 9.94. The van der Waals surface area contributed by atoms with Crippen molar-refractivity contribution in [1.29, 1.82) is 0 Å². The number of hydrogen-bond acceptors (Lipinski definition) is 5. The summed E-state index contributed by atoms with van der Waals surface area (Å²) in [6, 6.07) is 3.81. The van der Waals surface area contributed by atoms with Crippen LogP contribution >= 0.6 is 0 Å². The van der Waals surface area contributed by atoms with Crippen molar-refractivity contribution in [3.05, 3.63) is 23.9 Å². The van der Waals surface area contributed by atoms with Gasteiger partial charge in [-0.3, -0.25) is 4.79 Å². The number of aromatic nitrogens is 1. The van der Waals surface area contributed by atoms with Crippen LogP contribution in [0.3, 0.4) is 0 Å². The van der Waals surface area contributed by atoms with Gasteiger partial charge in [-0.1, -0.05) is 6.07 Å². The van der Waals surface area contributed by atoms with Gasteiger partial charge in [-0.2, -0.15) is 0 Å². The van der Waals surface area contributed by atoms with Crippen LogP contribution in [-0.4, -0.2) is 43.6 Å². The van der Waals surface area contributed by atoms with Crippen LogP contribution in [0.5, 0.6) is 0 Å². The van der Waals surface area contributed by atoms with Crippen molar-refractivity contribution < 1.29 is 14.4 Å². The summed E-state index contributed by atoms with van der Waals surface area (Å²) in [5.41, 5.74) is 0.817. The molecule has 1 aliphatic rings. The lowest BCUT2D eigenvalue weighted by molar-refractivity contribution is -0.122. The maximum atomic E-state index is 12.0. The van der Waals surface area contributed by atoms with Crippen LogP contribution in [0, 0.1) is 5.92 Å². The normalized spacial score (nSPS) is 16.7. The summed E-state index contributed by atoms with van der Waals surface area (Å²) in [7, 11) is 1.59. The molecule has 2 rings (SSSR count). The van der Waals surface area contributed by atoms with Crippen molar-refractivity contribution in [3.63, 3.8) is 0 Å². The molecule has 2 heterocycles. The molecule has 6 nitrogen and oxygen atoms in total. The third-order valence-corrected chi connectivity index (χ3v) is 4.37. The van der Waals surface area contributed by atoms with E-state index in [1.807, 2.05) is 12.1 Å². The molecule has 23 heavy (non-hydrogen) atoms. The van der Waals surface area contributed by atoms with Gasteiger partial charge in [-0.25, -0.2) is 4.98 Å². The maximum Gasteiger partial charge on any atom is 0.227 e. The Hall–Kier alpha value is -2.24. The lowest BCUT2D eigenvalue weighted by Crippen LogP contribution is -2.34. The van der Waals surface area contributed by atoms with E-state index in [9.17, 15) is 14.4 Å². The van der Waals surface area contributed by atoms with Crippen molar-refractivity contribution in [1.82, 2.24) is 10.3 Å². The number of anilines is 1. The van der Waals surface area contributed by atoms with E-state index < -0.39 is 0 Å². The SMILES string of the molecule is CNC(=O)C(CCC=O)c1ccc(N2CCC(C=O)CC2)nc1. The van der Waals surface area contributed by atoms with Gasteiger partial charge in [0.2, 0.25) is 5.91 Å². The Morgan fingerprint density at radius 2 is 2.13 bits per heavy atom. The largest absolute Gasteiger partial charge is 0.359 e. The van der Waals surface area contributed by atoms with E-state index in [-0.39, 0.29) is 17.7 Å². The van der Waals surface area contributed by atoms with E-state index in [1.165, 1.54) is 0 Å². The monoisotopic (exact) mass is 317 g/mol. The summed E-state index contributed by atoms with van der Waals surface area (Å²) in [4.78, 5) is 40.0. The third kappa shape index (κ3) is 4.37. The van der Waals surface area contributed by atoms with Crippen molar-refractivity contribution in [2.45, 2.75) is 31.6 Å². The standard InChI is InChI=1S/C17H23N3O3/c1-18-17(23)15(3-2-10-21)14-4-5-16(19-11-14)20-8-6-13(12-22)7-9-20/h4-5,10-13,15H,2-3,6-9H2,1H3,(H,18,23). The summed E-state index contributed by atoms with van der Waals surface area (Å²) in [6.07, 6.45) is 6.11. The molecule has 0 bridgehead atoms. The molecule has 0 saturated carbocycles. The van der Waals surface area contributed by atoms with Crippen molar-refractivity contribution in [3.8, 4) is 0 Å². The first kappa shape index (κ1) is 17.1. The summed E-state index contributed by atoms with van der Waals surface area (Å²) in [5, 5.41) is 2.64. The summed E-state index contributed by atoms with van der Waals surface area (Å²) in [6.45, 7) is 1.64. The molecule has 1 saturated heterocycles. The number of carbonyl (C=O) groups is 3. The van der Waals surface area contributed by atoms with Crippen molar-refractivity contribution in [2.24, 2.45) is 5.92 Å². The topological polar surface area (TPSA) is 79.4 Å². The molecule has 1 aromatic rings. The Morgan fingerprint density at radius 3 is 2.65 bits per heavy atom. The number of likely N-dealkylation sites (N-methyl/N-ethyl adjacent to an activating group) is 1. The molecule has 1 fully saturated rings. The highest BCUT2D eigenvalue weighted by molar-refractivity contribution is 5.83. The fourth-order valence-electron chi connectivity index (χ4n) is 2.91. The van der Waals surface area contributed by atoms with E-state index in [0.29, 0.717) is 12.8 Å². The minimum absolute atomic E-state index is 0.104. The van der Waals surface area contributed by atoms with E-state index in [1.54, 1.807) is 13.2 Å². The number of nitrogens with one attached hydrogen (secondary N) is 1. The van der Waals surface area contributed by atoms with Gasteiger partial charge in [0.1, 0.15) is 18.4 Å². The van der Waals surface area contributed by atoms with Gasteiger partial charge in [-0.15, -0.1) is 0 Å². The molecular weight excluding hydrogens is 294 g/mol. The zero-order valence-corrected chi connectivity index (χ0v) is 13.4. The van der Waals surface area contributed by atoms with Crippen molar-refractivity contribution >= 4 is 24.3 Å². The summed E-state index contributed by atoms with van der Waals surface area (Å²) in [5.74, 6) is 0.566. The van der Waals surface area contributed by atoms with E-state index in [0.717, 1.165) is 49.9 Å². The average Bonchev–Trinajstić information content (AvgIpc) is 2.62. The van der Waals surface area contributed by atoms with Gasteiger partial charge in [-0.05, 0) is 30.9 Å². The van der Waals surface area contributed by atoms with Gasteiger partial charge in [0.15, 0.2) is 0 Å². The first-order valence-corrected chi connectivity index (χ1v) is 8.01. The number of piperidine rings is 1. The van der Waals surface area contributed by atoms with Crippen LogP contribution in [0.25, 0.3) is 0 Å². The number of carbonyl (C=O) groups excluding carboxylic acids is 3. The summed E-state index contributed by atoms with van der Waals surface area (Å²) >= 11 is 0. The van der Waals surface area contributed by atoms with Crippen LogP contribution in [0.2, 0.25) is 0 Å². The number of nitrogens with zero attached hydrogens (tertiary/aromatic N) is 2.